The number of ether oxygens (including phenoxy) is 1. The summed E-state index contributed by atoms with van der Waals surface area (Å²) in [6.45, 7) is 7.41. The van der Waals surface area contributed by atoms with E-state index in [0.717, 1.165) is 18.1 Å². The molecule has 0 aromatic heterocycles. The summed E-state index contributed by atoms with van der Waals surface area (Å²) in [5.74, 6) is 2.06. The van der Waals surface area contributed by atoms with Crippen LogP contribution in [0, 0.1) is 20.8 Å². The molecule has 0 spiro atoms. The Bertz CT molecular complexity index is 404. The van der Waals surface area contributed by atoms with Gasteiger partial charge >= 0.3 is 0 Å². The first kappa shape index (κ1) is 14.9. The molecular formula is C16H25NOS. The molecule has 0 radical (unpaired) electrons. The van der Waals surface area contributed by atoms with Gasteiger partial charge in [-0.25, -0.2) is 0 Å². The van der Waals surface area contributed by atoms with E-state index in [1.54, 1.807) is 0 Å². The van der Waals surface area contributed by atoms with Crippen LogP contribution in [0.3, 0.4) is 0 Å². The van der Waals surface area contributed by atoms with Crippen LogP contribution in [0.1, 0.15) is 41.1 Å². The Morgan fingerprint density at radius 3 is 2.58 bits per heavy atom. The van der Waals surface area contributed by atoms with Gasteiger partial charge in [-0.1, -0.05) is 17.7 Å². The molecule has 1 aliphatic rings. The largest absolute Gasteiger partial charge is 0.377 e. The quantitative estimate of drug-likeness (QED) is 0.895. The maximum atomic E-state index is 6.37. The SMILES string of the molecule is Cc1cc(C)c(C(N)CSCC2CCCO2)c(C)c1. The summed E-state index contributed by atoms with van der Waals surface area (Å²) in [5.41, 5.74) is 11.7. The summed E-state index contributed by atoms with van der Waals surface area (Å²) in [6, 6.07) is 4.59. The molecule has 2 rings (SSSR count). The Hall–Kier alpha value is -0.510. The second kappa shape index (κ2) is 6.78. The van der Waals surface area contributed by atoms with E-state index in [1.807, 2.05) is 11.8 Å². The molecule has 1 aromatic rings. The molecule has 0 bridgehead atoms. The molecule has 2 nitrogen and oxygen atoms in total. The first-order valence-electron chi connectivity index (χ1n) is 7.10. The highest BCUT2D eigenvalue weighted by Gasteiger charge is 2.17. The van der Waals surface area contributed by atoms with Crippen LogP contribution in [0.4, 0.5) is 0 Å². The maximum Gasteiger partial charge on any atom is 0.0666 e. The van der Waals surface area contributed by atoms with E-state index < -0.39 is 0 Å². The van der Waals surface area contributed by atoms with Crippen LogP contribution >= 0.6 is 11.8 Å². The minimum atomic E-state index is 0.131. The fraction of sp³-hybridized carbons (Fsp3) is 0.625. The van der Waals surface area contributed by atoms with Crippen LogP contribution in [0.2, 0.25) is 0 Å². The lowest BCUT2D eigenvalue weighted by Gasteiger charge is -2.19. The average molecular weight is 279 g/mol. The number of rotatable bonds is 5. The standard InChI is InChI=1S/C16H25NOS/c1-11-7-12(2)16(13(3)8-11)15(17)10-19-9-14-5-4-6-18-14/h7-8,14-15H,4-6,9-10,17H2,1-3H3. The highest BCUT2D eigenvalue weighted by molar-refractivity contribution is 7.99. The van der Waals surface area contributed by atoms with Crippen LogP contribution in [-0.2, 0) is 4.74 Å². The van der Waals surface area contributed by atoms with Crippen LogP contribution in [0.15, 0.2) is 12.1 Å². The van der Waals surface area contributed by atoms with Crippen molar-refractivity contribution in [1.82, 2.24) is 0 Å². The van der Waals surface area contributed by atoms with Gasteiger partial charge in [0.1, 0.15) is 0 Å². The number of nitrogens with two attached hydrogens (primary N) is 1. The number of thioether (sulfide) groups is 1. The molecule has 2 N–H and O–H groups in total. The van der Waals surface area contributed by atoms with E-state index in [1.165, 1.54) is 35.1 Å². The molecule has 0 amide bonds. The maximum absolute atomic E-state index is 6.37. The molecule has 1 aliphatic heterocycles. The fourth-order valence-corrected chi connectivity index (χ4v) is 4.04. The first-order valence-corrected chi connectivity index (χ1v) is 8.26. The van der Waals surface area contributed by atoms with Crippen molar-refractivity contribution in [2.75, 3.05) is 18.1 Å². The Morgan fingerprint density at radius 1 is 1.32 bits per heavy atom. The zero-order valence-electron chi connectivity index (χ0n) is 12.2. The van der Waals surface area contributed by atoms with Crippen LogP contribution in [0.25, 0.3) is 0 Å². The minimum Gasteiger partial charge on any atom is -0.377 e. The fourth-order valence-electron chi connectivity index (χ4n) is 2.96. The third-order valence-electron chi connectivity index (χ3n) is 3.73. The van der Waals surface area contributed by atoms with E-state index in [0.29, 0.717) is 6.10 Å². The third kappa shape index (κ3) is 3.98. The molecule has 1 aromatic carbocycles. The van der Waals surface area contributed by atoms with Gasteiger partial charge < -0.3 is 10.5 Å². The monoisotopic (exact) mass is 279 g/mol. The lowest BCUT2D eigenvalue weighted by molar-refractivity contribution is 0.129. The van der Waals surface area contributed by atoms with Gasteiger partial charge in [0.25, 0.3) is 0 Å². The van der Waals surface area contributed by atoms with Gasteiger partial charge in [-0.2, -0.15) is 11.8 Å². The van der Waals surface area contributed by atoms with Gasteiger partial charge in [0.2, 0.25) is 0 Å². The van der Waals surface area contributed by atoms with E-state index in [9.17, 15) is 0 Å². The number of aryl methyl sites for hydroxylation is 3. The smallest absolute Gasteiger partial charge is 0.0666 e. The zero-order chi connectivity index (χ0) is 13.8. The van der Waals surface area contributed by atoms with Gasteiger partial charge in [-0.3, -0.25) is 0 Å². The normalized spacial score (nSPS) is 20.7. The second-order valence-corrected chi connectivity index (χ2v) is 6.67. The highest BCUT2D eigenvalue weighted by Crippen LogP contribution is 2.26. The van der Waals surface area contributed by atoms with Crippen molar-refractivity contribution in [3.63, 3.8) is 0 Å². The summed E-state index contributed by atoms with van der Waals surface area (Å²) >= 11 is 1.93. The van der Waals surface area contributed by atoms with E-state index in [4.69, 9.17) is 10.5 Å². The lowest BCUT2D eigenvalue weighted by atomic mass is 9.95. The van der Waals surface area contributed by atoms with Crippen molar-refractivity contribution in [1.29, 1.82) is 0 Å². The first-order chi connectivity index (χ1) is 9.08. The zero-order valence-corrected chi connectivity index (χ0v) is 13.1. The molecule has 19 heavy (non-hydrogen) atoms. The molecule has 3 heteroatoms. The molecule has 1 fully saturated rings. The summed E-state index contributed by atoms with van der Waals surface area (Å²) in [6.07, 6.45) is 2.88. The molecule has 1 heterocycles. The average Bonchev–Trinajstić information content (AvgIpc) is 2.80. The predicted molar refractivity (Wildman–Crippen MR) is 83.9 cm³/mol. The van der Waals surface area contributed by atoms with E-state index in [-0.39, 0.29) is 6.04 Å². The van der Waals surface area contributed by atoms with E-state index >= 15 is 0 Å². The predicted octanol–water partition coefficient (Wildman–Crippen LogP) is 3.52. The number of hydrogen-bond acceptors (Lipinski definition) is 3. The van der Waals surface area contributed by atoms with Gasteiger partial charge in [0.15, 0.2) is 0 Å². The second-order valence-electron chi connectivity index (χ2n) is 5.59. The van der Waals surface area contributed by atoms with Crippen LogP contribution in [-0.4, -0.2) is 24.2 Å². The molecule has 1 saturated heterocycles. The Labute approximate surface area is 121 Å². The summed E-state index contributed by atoms with van der Waals surface area (Å²) < 4.78 is 5.64. The van der Waals surface area contributed by atoms with Gasteiger partial charge in [-0.05, 0) is 50.3 Å². The van der Waals surface area contributed by atoms with Crippen molar-refractivity contribution < 1.29 is 4.74 Å². The molecule has 2 unspecified atom stereocenters. The van der Waals surface area contributed by atoms with Crippen LogP contribution < -0.4 is 5.73 Å². The molecule has 106 valence electrons. The van der Waals surface area contributed by atoms with Gasteiger partial charge in [0, 0.05) is 24.2 Å². The molecular weight excluding hydrogens is 254 g/mol. The lowest BCUT2D eigenvalue weighted by Crippen LogP contribution is -2.18. The third-order valence-corrected chi connectivity index (χ3v) is 4.94. The molecule has 2 atom stereocenters. The van der Waals surface area contributed by atoms with Gasteiger partial charge in [-0.15, -0.1) is 0 Å². The van der Waals surface area contributed by atoms with Crippen molar-refractivity contribution in [2.24, 2.45) is 5.73 Å². The van der Waals surface area contributed by atoms with Gasteiger partial charge in [0.05, 0.1) is 6.10 Å². The Morgan fingerprint density at radius 2 is 2.00 bits per heavy atom. The summed E-state index contributed by atoms with van der Waals surface area (Å²) in [5, 5.41) is 0. The molecule has 0 saturated carbocycles. The topological polar surface area (TPSA) is 35.2 Å². The highest BCUT2D eigenvalue weighted by atomic mass is 32.2. The van der Waals surface area contributed by atoms with Crippen molar-refractivity contribution in [3.05, 3.63) is 34.4 Å². The number of hydrogen-bond donors (Lipinski definition) is 1. The molecule has 0 aliphatic carbocycles. The van der Waals surface area contributed by atoms with Crippen molar-refractivity contribution >= 4 is 11.8 Å². The van der Waals surface area contributed by atoms with Crippen molar-refractivity contribution in [3.8, 4) is 0 Å². The summed E-state index contributed by atoms with van der Waals surface area (Å²) in [7, 11) is 0. The number of benzene rings is 1. The summed E-state index contributed by atoms with van der Waals surface area (Å²) in [4.78, 5) is 0. The van der Waals surface area contributed by atoms with E-state index in [2.05, 4.69) is 32.9 Å². The minimum absolute atomic E-state index is 0.131. The van der Waals surface area contributed by atoms with Crippen molar-refractivity contribution in [2.45, 2.75) is 45.8 Å². The van der Waals surface area contributed by atoms with Crippen LogP contribution in [0.5, 0.6) is 0 Å². The Balaban J connectivity index is 1.90. The Kier molecular flexibility index (Phi) is 5.31.